The van der Waals surface area contributed by atoms with Gasteiger partial charge < -0.3 is 19.4 Å². The van der Waals surface area contributed by atoms with E-state index in [-0.39, 0.29) is 23.4 Å². The van der Waals surface area contributed by atoms with Crippen LogP contribution in [0.2, 0.25) is 0 Å². The lowest BCUT2D eigenvalue weighted by molar-refractivity contribution is -0.383. The van der Waals surface area contributed by atoms with Gasteiger partial charge in [-0.2, -0.15) is 0 Å². The minimum absolute atomic E-state index is 0.0271. The van der Waals surface area contributed by atoms with Crippen LogP contribution in [-0.2, 0) is 20.9 Å². The molecule has 0 radical (unpaired) electrons. The Balaban J connectivity index is 1.97. The van der Waals surface area contributed by atoms with Crippen molar-refractivity contribution < 1.29 is 23.3 Å². The fraction of sp³-hybridized carbons (Fsp3) is 0.562. The van der Waals surface area contributed by atoms with Gasteiger partial charge in [0.25, 0.3) is 5.69 Å². The number of nitro groups is 1. The SMILES string of the molecule is CC(C)(C)C(=O)ON1CCC(Nc2ccc(NS(=O)[O-])cc2[N+](=O)[O-])CC1. The molecule has 1 fully saturated rings. The summed E-state index contributed by atoms with van der Waals surface area (Å²) in [5.41, 5.74) is -0.372. The van der Waals surface area contributed by atoms with Crippen molar-refractivity contribution in [3.8, 4) is 0 Å². The highest BCUT2D eigenvalue weighted by Crippen LogP contribution is 2.30. The van der Waals surface area contributed by atoms with Crippen molar-refractivity contribution in [3.63, 3.8) is 0 Å². The lowest BCUT2D eigenvalue weighted by Gasteiger charge is -2.32. The molecule has 1 aliphatic rings. The van der Waals surface area contributed by atoms with E-state index < -0.39 is 21.6 Å². The fourth-order valence-electron chi connectivity index (χ4n) is 2.53. The summed E-state index contributed by atoms with van der Waals surface area (Å²) in [6.45, 7) is 6.38. The van der Waals surface area contributed by atoms with Crippen molar-refractivity contribution in [2.45, 2.75) is 39.7 Å². The number of nitrogens with one attached hydrogen (secondary N) is 2. The maximum atomic E-state index is 11.9. The molecule has 0 aliphatic carbocycles. The molecule has 1 aromatic carbocycles. The highest BCUT2D eigenvalue weighted by Gasteiger charge is 2.29. The normalized spacial score (nSPS) is 17.2. The Morgan fingerprint density at radius 3 is 2.48 bits per heavy atom. The summed E-state index contributed by atoms with van der Waals surface area (Å²) in [6, 6.07) is 4.06. The van der Waals surface area contributed by atoms with E-state index in [4.69, 9.17) is 4.84 Å². The van der Waals surface area contributed by atoms with Crippen LogP contribution in [0.5, 0.6) is 0 Å². The van der Waals surface area contributed by atoms with Crippen LogP contribution in [0.4, 0.5) is 17.1 Å². The molecule has 1 aromatic rings. The predicted molar refractivity (Wildman–Crippen MR) is 99.4 cm³/mol. The second-order valence-electron chi connectivity index (χ2n) is 7.30. The molecule has 150 valence electrons. The zero-order valence-electron chi connectivity index (χ0n) is 15.4. The smallest absolute Gasteiger partial charge is 0.330 e. The second-order valence-corrected chi connectivity index (χ2v) is 7.98. The zero-order valence-corrected chi connectivity index (χ0v) is 16.2. The van der Waals surface area contributed by atoms with E-state index in [1.807, 2.05) is 0 Å². The van der Waals surface area contributed by atoms with E-state index in [9.17, 15) is 23.7 Å². The average Bonchev–Trinajstić information content (AvgIpc) is 2.56. The molecule has 1 aliphatic heterocycles. The van der Waals surface area contributed by atoms with Gasteiger partial charge in [0.2, 0.25) is 0 Å². The molecule has 10 nitrogen and oxygen atoms in total. The number of carbonyl (C=O) groups excluding carboxylic acids is 1. The van der Waals surface area contributed by atoms with Crippen molar-refractivity contribution in [3.05, 3.63) is 28.3 Å². The van der Waals surface area contributed by atoms with Crippen molar-refractivity contribution in [2.24, 2.45) is 5.41 Å². The van der Waals surface area contributed by atoms with Crippen LogP contribution >= 0.6 is 0 Å². The average molecular weight is 399 g/mol. The van der Waals surface area contributed by atoms with Gasteiger partial charge in [-0.3, -0.25) is 14.3 Å². The number of benzene rings is 1. The number of hydroxylamine groups is 2. The van der Waals surface area contributed by atoms with Gasteiger partial charge in [0.1, 0.15) is 5.69 Å². The third kappa shape index (κ3) is 6.15. The van der Waals surface area contributed by atoms with Gasteiger partial charge in [0.15, 0.2) is 0 Å². The van der Waals surface area contributed by atoms with E-state index in [2.05, 4.69) is 10.0 Å². The van der Waals surface area contributed by atoms with Gasteiger partial charge in [-0.15, -0.1) is 5.06 Å². The number of carbonyl (C=O) groups is 1. The first-order chi connectivity index (χ1) is 12.6. The largest absolute Gasteiger partial charge is 0.755 e. The molecule has 1 atom stereocenters. The van der Waals surface area contributed by atoms with Crippen molar-refractivity contribution in [1.82, 2.24) is 5.06 Å². The molecule has 1 saturated heterocycles. The zero-order chi connectivity index (χ0) is 20.2. The molecule has 1 unspecified atom stereocenters. The van der Waals surface area contributed by atoms with E-state index in [1.165, 1.54) is 18.2 Å². The molecule has 11 heteroatoms. The monoisotopic (exact) mass is 399 g/mol. The molecule has 2 N–H and O–H groups in total. The first-order valence-electron chi connectivity index (χ1n) is 8.44. The number of rotatable bonds is 6. The van der Waals surface area contributed by atoms with E-state index in [0.29, 0.717) is 31.6 Å². The Bertz CT molecular complexity index is 728. The van der Waals surface area contributed by atoms with Crippen molar-refractivity contribution >= 4 is 34.3 Å². The summed E-state index contributed by atoms with van der Waals surface area (Å²) in [4.78, 5) is 28.0. The fourth-order valence-corrected chi connectivity index (χ4v) is 2.85. The Hall–Kier alpha value is -2.24. The van der Waals surface area contributed by atoms with Gasteiger partial charge in [0.05, 0.1) is 16.0 Å². The van der Waals surface area contributed by atoms with Crippen LogP contribution in [0.3, 0.4) is 0 Å². The molecule has 0 spiro atoms. The summed E-state index contributed by atoms with van der Waals surface area (Å²) in [7, 11) is 0. The third-order valence-electron chi connectivity index (χ3n) is 4.03. The third-order valence-corrected chi connectivity index (χ3v) is 4.44. The lowest BCUT2D eigenvalue weighted by Crippen LogP contribution is -2.42. The van der Waals surface area contributed by atoms with E-state index in [1.54, 1.807) is 25.8 Å². The minimum Gasteiger partial charge on any atom is -0.755 e. The van der Waals surface area contributed by atoms with Crippen LogP contribution < -0.4 is 10.0 Å². The summed E-state index contributed by atoms with van der Waals surface area (Å²) >= 11 is -2.56. The molecular formula is C16H23N4O6S-. The van der Waals surface area contributed by atoms with Gasteiger partial charge in [-0.1, -0.05) is 0 Å². The summed E-state index contributed by atoms with van der Waals surface area (Å²) in [6.07, 6.45) is 1.28. The molecule has 27 heavy (non-hydrogen) atoms. The highest BCUT2D eigenvalue weighted by atomic mass is 32.2. The molecule has 0 amide bonds. The Morgan fingerprint density at radius 2 is 1.96 bits per heavy atom. The summed E-state index contributed by atoms with van der Waals surface area (Å²) in [5.74, 6) is -0.302. The number of nitro benzene ring substituents is 1. The highest BCUT2D eigenvalue weighted by molar-refractivity contribution is 7.80. The van der Waals surface area contributed by atoms with Gasteiger partial charge in [-0.25, -0.2) is 4.79 Å². The molecule has 2 rings (SSSR count). The first kappa shape index (κ1) is 21.1. The maximum absolute atomic E-state index is 11.9. The molecular weight excluding hydrogens is 376 g/mol. The van der Waals surface area contributed by atoms with Gasteiger partial charge >= 0.3 is 5.97 Å². The quantitative estimate of drug-likeness (QED) is 0.422. The number of hydrogen-bond donors (Lipinski definition) is 2. The van der Waals surface area contributed by atoms with Crippen LogP contribution in [0, 0.1) is 15.5 Å². The number of anilines is 2. The molecule has 0 bridgehead atoms. The Morgan fingerprint density at radius 1 is 1.33 bits per heavy atom. The maximum Gasteiger partial charge on any atom is 0.330 e. The second kappa shape index (κ2) is 8.63. The van der Waals surface area contributed by atoms with Gasteiger partial charge in [0, 0.05) is 36.5 Å². The summed E-state index contributed by atoms with van der Waals surface area (Å²) in [5, 5.41) is 16.0. The molecule has 0 aromatic heterocycles. The van der Waals surface area contributed by atoms with Crippen LogP contribution in [0.15, 0.2) is 18.2 Å². The van der Waals surface area contributed by atoms with Gasteiger partial charge in [-0.05, 0) is 45.7 Å². The van der Waals surface area contributed by atoms with Crippen LogP contribution in [0.25, 0.3) is 0 Å². The van der Waals surface area contributed by atoms with Crippen LogP contribution in [-0.4, -0.2) is 43.8 Å². The Labute approximate surface area is 159 Å². The van der Waals surface area contributed by atoms with Crippen LogP contribution in [0.1, 0.15) is 33.6 Å². The number of piperidine rings is 1. The molecule has 1 heterocycles. The first-order valence-corrected chi connectivity index (χ1v) is 9.52. The minimum atomic E-state index is -2.56. The predicted octanol–water partition coefficient (Wildman–Crippen LogP) is 2.18. The van der Waals surface area contributed by atoms with E-state index in [0.717, 1.165) is 0 Å². The van der Waals surface area contributed by atoms with Crippen molar-refractivity contribution in [1.29, 1.82) is 0 Å². The Kier molecular flexibility index (Phi) is 6.73. The van der Waals surface area contributed by atoms with Crippen molar-refractivity contribution in [2.75, 3.05) is 23.1 Å². The number of hydrogen-bond acceptors (Lipinski definition) is 8. The number of nitrogens with zero attached hydrogens (tertiary/aromatic N) is 2. The summed E-state index contributed by atoms with van der Waals surface area (Å²) < 4.78 is 23.5. The standard InChI is InChI=1S/C16H24N4O6S/c1-16(2,3)15(21)26-19-8-6-11(7-9-19)17-13-5-4-12(18-27(24)25)10-14(13)20(22)23/h4-5,10-11,17-18H,6-9H2,1-3H3,(H,24,25)/p-1. The lowest BCUT2D eigenvalue weighted by atomic mass is 9.98. The van der Waals surface area contributed by atoms with E-state index >= 15 is 0 Å². The topological polar surface area (TPSA) is 137 Å². The molecule has 0 saturated carbocycles.